The number of rotatable bonds is 4. The number of nitrogens with zero attached hydrogens (tertiary/aromatic N) is 1. The van der Waals surface area contributed by atoms with E-state index in [2.05, 4.69) is 38.1 Å². The Hall–Kier alpha value is -0.370. The van der Waals surface area contributed by atoms with E-state index in [0.29, 0.717) is 11.8 Å². The van der Waals surface area contributed by atoms with Crippen molar-refractivity contribution >= 4 is 11.3 Å². The molecular formula is C13H25NS. The smallest absolute Gasteiger partial charge is 0.0959 e. The van der Waals surface area contributed by atoms with E-state index in [9.17, 15) is 0 Å². The molecule has 2 heteroatoms. The third kappa shape index (κ3) is 4.33. The molecule has 0 saturated heterocycles. The van der Waals surface area contributed by atoms with Gasteiger partial charge in [0.15, 0.2) is 0 Å². The van der Waals surface area contributed by atoms with Gasteiger partial charge in [0.05, 0.1) is 10.7 Å². The zero-order valence-corrected chi connectivity index (χ0v) is 11.8. The molecule has 0 aliphatic carbocycles. The summed E-state index contributed by atoms with van der Waals surface area (Å²) in [6, 6.07) is 0. The molecule has 0 fully saturated rings. The van der Waals surface area contributed by atoms with Crippen LogP contribution < -0.4 is 0 Å². The highest BCUT2D eigenvalue weighted by Gasteiger charge is 2.12. The highest BCUT2D eigenvalue weighted by Crippen LogP contribution is 2.28. The van der Waals surface area contributed by atoms with E-state index in [4.69, 9.17) is 0 Å². The lowest BCUT2D eigenvalue weighted by atomic mass is 10.0. The second kappa shape index (κ2) is 7.86. The Balaban J connectivity index is 0.000000921. The van der Waals surface area contributed by atoms with Crippen LogP contribution in [-0.4, -0.2) is 4.98 Å². The molecule has 0 saturated carbocycles. The molecule has 0 N–H and O–H groups in total. The van der Waals surface area contributed by atoms with Gasteiger partial charge in [0.25, 0.3) is 0 Å². The predicted octanol–water partition coefficient (Wildman–Crippen LogP) is 5.20. The van der Waals surface area contributed by atoms with Crippen molar-refractivity contribution in [3.05, 3.63) is 16.1 Å². The van der Waals surface area contributed by atoms with Crippen LogP contribution in [0.15, 0.2) is 5.38 Å². The number of hydrogen-bond acceptors (Lipinski definition) is 2. The molecular weight excluding hydrogens is 202 g/mol. The van der Waals surface area contributed by atoms with Crippen molar-refractivity contribution in [1.82, 2.24) is 4.98 Å². The standard InChI is InChI=1S/C11H19NS.C2H6/c1-5-9(6-2)11-12-10(7-13-11)8(3)4;1-2/h7-9H,5-6H2,1-4H3;1-2H3. The van der Waals surface area contributed by atoms with Crippen molar-refractivity contribution in [2.45, 2.75) is 66.2 Å². The van der Waals surface area contributed by atoms with E-state index in [1.807, 2.05) is 25.2 Å². The maximum atomic E-state index is 4.67. The minimum absolute atomic E-state index is 0.569. The maximum absolute atomic E-state index is 4.67. The molecule has 0 unspecified atom stereocenters. The molecule has 1 aromatic rings. The van der Waals surface area contributed by atoms with Crippen LogP contribution in [0.3, 0.4) is 0 Å². The van der Waals surface area contributed by atoms with Crippen LogP contribution >= 0.6 is 11.3 Å². The van der Waals surface area contributed by atoms with Gasteiger partial charge in [0, 0.05) is 11.3 Å². The second-order valence-corrected chi connectivity index (χ2v) is 4.67. The van der Waals surface area contributed by atoms with Gasteiger partial charge in [0.1, 0.15) is 0 Å². The van der Waals surface area contributed by atoms with Gasteiger partial charge in [-0.3, -0.25) is 0 Å². The Bertz CT molecular complexity index is 249. The van der Waals surface area contributed by atoms with Crippen LogP contribution in [0.2, 0.25) is 0 Å². The zero-order valence-electron chi connectivity index (χ0n) is 11.0. The van der Waals surface area contributed by atoms with Crippen molar-refractivity contribution in [1.29, 1.82) is 0 Å². The van der Waals surface area contributed by atoms with E-state index in [0.717, 1.165) is 0 Å². The molecule has 1 nitrogen and oxygen atoms in total. The molecule has 15 heavy (non-hydrogen) atoms. The SMILES string of the molecule is CC.CCC(CC)c1nc(C(C)C)cs1. The summed E-state index contributed by atoms with van der Waals surface area (Å²) in [6.07, 6.45) is 2.42. The quantitative estimate of drug-likeness (QED) is 0.689. The largest absolute Gasteiger partial charge is 0.246 e. The topological polar surface area (TPSA) is 12.9 Å². The lowest BCUT2D eigenvalue weighted by molar-refractivity contribution is 0.632. The van der Waals surface area contributed by atoms with Crippen molar-refractivity contribution in [2.75, 3.05) is 0 Å². The fraction of sp³-hybridized carbons (Fsp3) is 0.769. The molecule has 0 aromatic carbocycles. The summed E-state index contributed by atoms with van der Waals surface area (Å²) in [7, 11) is 0. The zero-order chi connectivity index (χ0) is 11.8. The number of thiazole rings is 1. The Morgan fingerprint density at radius 3 is 2.07 bits per heavy atom. The van der Waals surface area contributed by atoms with Crippen molar-refractivity contribution in [3.63, 3.8) is 0 Å². The molecule has 0 aliphatic heterocycles. The third-order valence-electron chi connectivity index (χ3n) is 2.47. The van der Waals surface area contributed by atoms with Crippen molar-refractivity contribution < 1.29 is 0 Å². The van der Waals surface area contributed by atoms with Crippen LogP contribution in [0.1, 0.15) is 76.9 Å². The van der Waals surface area contributed by atoms with E-state index < -0.39 is 0 Å². The van der Waals surface area contributed by atoms with Gasteiger partial charge in [-0.2, -0.15) is 0 Å². The van der Waals surface area contributed by atoms with Crippen molar-refractivity contribution in [2.24, 2.45) is 0 Å². The first-order valence-corrected chi connectivity index (χ1v) is 7.02. The lowest BCUT2D eigenvalue weighted by Gasteiger charge is -2.07. The summed E-state index contributed by atoms with van der Waals surface area (Å²) in [6.45, 7) is 12.9. The Morgan fingerprint density at radius 2 is 1.73 bits per heavy atom. The molecule has 0 atom stereocenters. The third-order valence-corrected chi connectivity index (χ3v) is 3.49. The summed E-state index contributed by atoms with van der Waals surface area (Å²) < 4.78 is 0. The average Bonchev–Trinajstić information content (AvgIpc) is 2.72. The highest BCUT2D eigenvalue weighted by atomic mass is 32.1. The van der Waals surface area contributed by atoms with Gasteiger partial charge >= 0.3 is 0 Å². The molecule has 88 valence electrons. The fourth-order valence-electron chi connectivity index (χ4n) is 1.39. The Kier molecular flexibility index (Phi) is 7.67. The normalized spacial score (nSPS) is 10.4. The summed E-state index contributed by atoms with van der Waals surface area (Å²) in [4.78, 5) is 4.67. The number of aromatic nitrogens is 1. The van der Waals surface area contributed by atoms with E-state index >= 15 is 0 Å². The van der Waals surface area contributed by atoms with Crippen LogP contribution in [-0.2, 0) is 0 Å². The molecule has 1 aromatic heterocycles. The second-order valence-electron chi connectivity index (χ2n) is 3.78. The minimum atomic E-state index is 0.569. The monoisotopic (exact) mass is 227 g/mol. The Labute approximate surface area is 98.9 Å². The molecule has 0 bridgehead atoms. The summed E-state index contributed by atoms with van der Waals surface area (Å²) in [5.41, 5.74) is 1.26. The lowest BCUT2D eigenvalue weighted by Crippen LogP contribution is -1.95. The van der Waals surface area contributed by atoms with Crippen molar-refractivity contribution in [3.8, 4) is 0 Å². The molecule has 1 heterocycles. The van der Waals surface area contributed by atoms with Gasteiger partial charge < -0.3 is 0 Å². The number of hydrogen-bond donors (Lipinski definition) is 0. The van der Waals surface area contributed by atoms with Gasteiger partial charge in [-0.1, -0.05) is 41.5 Å². The average molecular weight is 227 g/mol. The predicted molar refractivity (Wildman–Crippen MR) is 70.9 cm³/mol. The van der Waals surface area contributed by atoms with Gasteiger partial charge in [-0.15, -0.1) is 11.3 Å². The molecule has 0 spiro atoms. The van der Waals surface area contributed by atoms with Crippen LogP contribution in [0, 0.1) is 0 Å². The molecule has 0 amide bonds. The van der Waals surface area contributed by atoms with E-state index in [-0.39, 0.29) is 0 Å². The van der Waals surface area contributed by atoms with Gasteiger partial charge in [0.2, 0.25) is 0 Å². The van der Waals surface area contributed by atoms with E-state index in [1.54, 1.807) is 0 Å². The summed E-state index contributed by atoms with van der Waals surface area (Å²) in [5, 5.41) is 3.53. The molecule has 0 radical (unpaired) electrons. The molecule has 1 rings (SSSR count). The van der Waals surface area contributed by atoms with Gasteiger partial charge in [-0.25, -0.2) is 4.98 Å². The first kappa shape index (κ1) is 14.6. The summed E-state index contributed by atoms with van der Waals surface area (Å²) in [5.74, 6) is 1.25. The van der Waals surface area contributed by atoms with Crippen LogP contribution in [0.25, 0.3) is 0 Å². The minimum Gasteiger partial charge on any atom is -0.246 e. The maximum Gasteiger partial charge on any atom is 0.0959 e. The first-order chi connectivity index (χ1) is 7.19. The first-order valence-electron chi connectivity index (χ1n) is 6.14. The summed E-state index contributed by atoms with van der Waals surface area (Å²) >= 11 is 1.82. The fourth-order valence-corrected chi connectivity index (χ4v) is 2.64. The van der Waals surface area contributed by atoms with E-state index in [1.165, 1.54) is 23.5 Å². The highest BCUT2D eigenvalue weighted by molar-refractivity contribution is 7.09. The Morgan fingerprint density at radius 1 is 1.20 bits per heavy atom. The molecule has 0 aliphatic rings. The van der Waals surface area contributed by atoms with Crippen LogP contribution in [0.4, 0.5) is 0 Å². The van der Waals surface area contributed by atoms with Crippen LogP contribution in [0.5, 0.6) is 0 Å². The van der Waals surface area contributed by atoms with Gasteiger partial charge in [-0.05, 0) is 18.8 Å².